The molecule has 0 aromatic heterocycles. The Morgan fingerprint density at radius 3 is 1.15 bits per heavy atom. The zero-order valence-corrected chi connectivity index (χ0v) is 95.2. The molecular formula is C129H184F4O13S2. The molecule has 1 saturated heterocycles. The minimum absolute atomic E-state index is 0.0830. The maximum atomic E-state index is 13.5. The zero-order valence-electron chi connectivity index (χ0n) is 93.5. The lowest BCUT2D eigenvalue weighted by Gasteiger charge is -2.58. The molecule has 10 bridgehead atoms. The monoisotopic (exact) mass is 2080 g/mol. The molecule has 0 amide bonds. The van der Waals surface area contributed by atoms with Gasteiger partial charge in [0.05, 0.1) is 18.3 Å². The molecule has 0 spiro atoms. The average Bonchev–Trinajstić information content (AvgIpc) is 1.08. The van der Waals surface area contributed by atoms with Gasteiger partial charge < -0.3 is 47.6 Å². The lowest BCUT2D eigenvalue weighted by atomic mass is 9.49. The topological polar surface area (TPSA) is 168 Å². The number of phenols is 1. The fourth-order valence-corrected chi connectivity index (χ4v) is 31.7. The van der Waals surface area contributed by atoms with E-state index in [-0.39, 0.29) is 52.6 Å². The van der Waals surface area contributed by atoms with Crippen molar-refractivity contribution in [2.24, 2.45) is 94.2 Å². The van der Waals surface area contributed by atoms with Gasteiger partial charge in [-0.15, -0.1) is 0 Å². The van der Waals surface area contributed by atoms with E-state index in [9.17, 15) is 35.3 Å². The highest BCUT2D eigenvalue weighted by atomic mass is 32.2. The van der Waals surface area contributed by atoms with Crippen LogP contribution in [0.3, 0.4) is 0 Å². The van der Waals surface area contributed by atoms with Crippen LogP contribution in [0.25, 0.3) is 0 Å². The summed E-state index contributed by atoms with van der Waals surface area (Å²) >= 11 is 0. The van der Waals surface area contributed by atoms with Crippen LogP contribution in [0.4, 0.5) is 17.6 Å². The van der Waals surface area contributed by atoms with Crippen LogP contribution in [-0.2, 0) is 40.0 Å². The van der Waals surface area contributed by atoms with Crippen molar-refractivity contribution in [2.45, 2.75) is 438 Å². The predicted molar refractivity (Wildman–Crippen MR) is 592 cm³/mol. The predicted octanol–water partition coefficient (Wildman–Crippen LogP) is 34.4. The molecule has 7 aromatic carbocycles. The standard InChI is InChI=1S/2C24H36O2.C22H32O2.C20H29OS.C19H28O2.C10H10F4O3S.C10H14O/c2*1-5-16(4)17-9-11-19(12-10-17)25-24(15(2)3)26-23-14-18-13-22(23)21-8-6-7-20(18)21;1-4-15(2)19-5-7-20(8-6-19)24-21(23-3)22-12-16-9-17(13-22)11-18(10-16)14-22;1-20(2,22-14-6-7-15-22)19(21)18-12-10-17(11-13-18)16-8-4-3-5-9-16;1-4-13(2)16-7-9-18(10-8-16)20-14(3)21-19-12-15-5-6-17(19)11-15;1-3-4(2)5-6(11)8(13)10(18(15,16)17)9(14)7(5)12;1-3-8(2)9-4-6-10(11)7-5-9/h2*9-12,15-16,18,20-24H,5-8,13-14H2,1-4H3;5-8,15-18,21H,4,9-14H2,1-3H3;10-13,16H,3-9,14-15H2,1-2H3;7-10,13-15,17,19H,4-6,11-12H2,1-3H3;4H,3H2,1-2H3,(H,15,16,17);4-8,11H,3H2,1-2H3/q;;;+1;;;/p-1. The van der Waals surface area contributed by atoms with Crippen LogP contribution in [-0.4, -0.2) is 90.7 Å². The van der Waals surface area contributed by atoms with E-state index in [0.717, 1.165) is 118 Å². The van der Waals surface area contributed by atoms with E-state index in [4.69, 9.17) is 43.0 Å². The number of aromatic hydroxyl groups is 1. The molecular weight excluding hydrogens is 1900 g/mol. The Balaban J connectivity index is 0.000000138. The molecule has 1 N–H and O–H groups in total. The van der Waals surface area contributed by atoms with Gasteiger partial charge in [0.1, 0.15) is 55.3 Å². The molecule has 13 nitrogen and oxygen atoms in total. The smallest absolute Gasteiger partial charge is 0.217 e. The van der Waals surface area contributed by atoms with Crippen LogP contribution in [0.2, 0.25) is 0 Å². The van der Waals surface area contributed by atoms with E-state index in [1.54, 1.807) is 12.1 Å². The largest absolute Gasteiger partial charge is 0.744 e. The number of carbonyl (C=O) groups is 1. The molecule has 1 heterocycles. The number of ketones is 1. The maximum absolute atomic E-state index is 13.5. The number of hydrogen-bond donors (Lipinski definition) is 1. The fraction of sp³-hybridized carbons (Fsp3) is 0.667. The van der Waals surface area contributed by atoms with Crippen LogP contribution >= 0.6 is 0 Å². The molecule has 23 atom stereocenters. The van der Waals surface area contributed by atoms with Crippen molar-refractivity contribution in [1.82, 2.24) is 0 Å². The number of hydrogen-bond acceptors (Lipinski definition) is 13. The van der Waals surface area contributed by atoms with Gasteiger partial charge in [0, 0.05) is 46.4 Å². The summed E-state index contributed by atoms with van der Waals surface area (Å²) in [5.74, 6) is 14.4. The van der Waals surface area contributed by atoms with E-state index in [1.165, 1.54) is 258 Å². The van der Waals surface area contributed by atoms with Crippen molar-refractivity contribution in [1.29, 1.82) is 0 Å². The second-order valence-electron chi connectivity index (χ2n) is 48.7. The highest BCUT2D eigenvalue weighted by Gasteiger charge is 2.59. The molecule has 19 heteroatoms. The third-order valence-electron chi connectivity index (χ3n) is 37.8. The van der Waals surface area contributed by atoms with Gasteiger partial charge in [-0.25, -0.2) is 26.0 Å². The average molecular weight is 2080 g/mol. The molecule has 14 fully saturated rings. The normalized spacial score (nSPS) is 28.3. The molecule has 21 rings (SSSR count). The summed E-state index contributed by atoms with van der Waals surface area (Å²) in [6, 6.07) is 50.6. The number of rotatable bonds is 35. The summed E-state index contributed by atoms with van der Waals surface area (Å²) in [7, 11) is -3.54. The first-order valence-electron chi connectivity index (χ1n) is 58.3. The van der Waals surface area contributed by atoms with Crippen molar-refractivity contribution in [3.05, 3.63) is 213 Å². The molecule has 818 valence electrons. The molecule has 14 aliphatic rings. The lowest BCUT2D eigenvalue weighted by Crippen LogP contribution is -2.53. The molecule has 13 saturated carbocycles. The third kappa shape index (κ3) is 29.0. The van der Waals surface area contributed by atoms with Gasteiger partial charge in [-0.2, -0.15) is 0 Å². The number of phenolic OH excluding ortho intramolecular Hbond substituents is 1. The van der Waals surface area contributed by atoms with E-state index in [2.05, 4.69) is 232 Å². The minimum atomic E-state index is -5.64. The van der Waals surface area contributed by atoms with Crippen LogP contribution in [0, 0.1) is 117 Å². The lowest BCUT2D eigenvalue weighted by molar-refractivity contribution is -0.204. The van der Waals surface area contributed by atoms with E-state index >= 15 is 0 Å². The number of halogens is 4. The van der Waals surface area contributed by atoms with Crippen molar-refractivity contribution in [3.63, 3.8) is 0 Å². The SMILES string of the molecule is CC(C)(C(=O)c1ccc(C2CCCCC2)cc1)[S+]1CCCC1.CCC(C)c1c(F)c(F)c(S(=O)(=O)[O-])c(F)c1F.CCC(C)c1ccc(O)cc1.CCC(C)c1ccc(OC(C)OC2CC3CCC2C3)cc1.CCC(C)c1ccc(OC(OC)C23CC4CC(CC(C4)C2)C3)cc1.CCC(C)c1ccc(OC(OC2CC3CC2C2CCCC32)C(C)C)cc1.CCC(C)c1ccc(OC(OC2CC3CC2C2CCCC32)C(C)C)cc1. The number of carbonyl (C=O) groups excluding carboxylic acids is 1. The number of fused-ring (bicyclic) bond motifs is 12. The van der Waals surface area contributed by atoms with Crippen molar-refractivity contribution < 1.29 is 78.3 Å². The van der Waals surface area contributed by atoms with E-state index in [1.807, 2.05) is 26.2 Å². The van der Waals surface area contributed by atoms with Crippen LogP contribution in [0.5, 0.6) is 28.7 Å². The Bertz CT molecular complexity index is 5180. The van der Waals surface area contributed by atoms with Crippen molar-refractivity contribution in [3.8, 4) is 28.7 Å². The summed E-state index contributed by atoms with van der Waals surface area (Å²) < 4.78 is 135. The van der Waals surface area contributed by atoms with Crippen molar-refractivity contribution in [2.75, 3.05) is 18.6 Å². The fourth-order valence-electron chi connectivity index (χ4n) is 28.4. The summed E-state index contributed by atoms with van der Waals surface area (Å²) in [6.07, 6.45) is 43.9. The Hall–Kier alpha value is -6.97. The Morgan fingerprint density at radius 2 is 0.784 bits per heavy atom. The quantitative estimate of drug-likeness (QED) is 0.00996. The van der Waals surface area contributed by atoms with Gasteiger partial charge in [0.15, 0.2) is 34.3 Å². The minimum Gasteiger partial charge on any atom is -0.744 e. The number of methoxy groups -OCH3 is 1. The van der Waals surface area contributed by atoms with Gasteiger partial charge in [0.2, 0.25) is 24.7 Å². The summed E-state index contributed by atoms with van der Waals surface area (Å²) in [6.45, 7) is 40.4. The van der Waals surface area contributed by atoms with Crippen LogP contribution in [0.1, 0.15) is 434 Å². The van der Waals surface area contributed by atoms with E-state index < -0.39 is 49.8 Å². The summed E-state index contributed by atoms with van der Waals surface area (Å²) in [5.41, 5.74) is 8.58. The van der Waals surface area contributed by atoms with Crippen LogP contribution < -0.4 is 18.9 Å². The van der Waals surface area contributed by atoms with Gasteiger partial charge in [-0.1, -0.05) is 228 Å². The Kier molecular flexibility index (Phi) is 42.1. The molecule has 13 aliphatic carbocycles. The third-order valence-corrected chi connectivity index (χ3v) is 41.9. The zero-order chi connectivity index (χ0) is 106. The Morgan fingerprint density at radius 1 is 0.399 bits per heavy atom. The maximum Gasteiger partial charge on any atom is 0.217 e. The molecule has 1 aliphatic heterocycles. The first kappa shape index (κ1) is 117. The summed E-state index contributed by atoms with van der Waals surface area (Å²) in [4.78, 5) is 10.8. The van der Waals surface area contributed by atoms with Crippen molar-refractivity contribution >= 4 is 26.8 Å². The second kappa shape index (κ2) is 53.5. The number of Topliss-reactive ketones (excluding diaryl/α,β-unsaturated/α-hetero) is 1. The number of ether oxygens (including phenoxy) is 8. The molecule has 148 heavy (non-hydrogen) atoms. The highest BCUT2D eigenvalue weighted by molar-refractivity contribution is 7.99. The Labute approximate surface area is 892 Å². The first-order valence-corrected chi connectivity index (χ1v) is 61.3. The first-order chi connectivity index (χ1) is 70.8. The summed E-state index contributed by atoms with van der Waals surface area (Å²) in [5, 5.41) is 9.01. The molecule has 23 unspecified atom stereocenters. The second-order valence-corrected chi connectivity index (χ2v) is 52.8. The van der Waals surface area contributed by atoms with Gasteiger partial charge >= 0.3 is 0 Å². The van der Waals surface area contributed by atoms with Crippen LogP contribution in [0.15, 0.2) is 150 Å². The van der Waals surface area contributed by atoms with Gasteiger partial charge in [0.25, 0.3) is 0 Å². The highest BCUT2D eigenvalue weighted by Crippen LogP contribution is 2.64. The molecule has 0 radical (unpaired) electrons. The number of benzene rings is 7. The van der Waals surface area contributed by atoms with Gasteiger partial charge in [-0.3, -0.25) is 4.79 Å². The van der Waals surface area contributed by atoms with Gasteiger partial charge in [-0.05, 0) is 413 Å². The van der Waals surface area contributed by atoms with E-state index in [0.29, 0.717) is 71.3 Å². The molecule has 7 aromatic rings.